The maximum absolute atomic E-state index is 11.0. The van der Waals surface area contributed by atoms with Crippen molar-refractivity contribution in [3.63, 3.8) is 0 Å². The number of hydrogen-bond donors (Lipinski definition) is 2. The normalized spacial score (nSPS) is 9.29. The molecule has 0 aliphatic carbocycles. The molecule has 0 aromatic rings. The summed E-state index contributed by atoms with van der Waals surface area (Å²) >= 11 is 0. The predicted octanol–water partition coefficient (Wildman–Crippen LogP) is 0.486. The molecule has 0 unspecified atom stereocenters. The van der Waals surface area contributed by atoms with E-state index in [1.807, 2.05) is 6.92 Å². The molecular weight excluding hydrogens is 184 g/mol. The first kappa shape index (κ1) is 12.6. The molecule has 0 atom stereocenters. The van der Waals surface area contributed by atoms with Gasteiger partial charge in [0.15, 0.2) is 0 Å². The van der Waals surface area contributed by atoms with Crippen LogP contribution in [0.15, 0.2) is 0 Å². The smallest absolute Gasteiger partial charge is 0.351 e. The van der Waals surface area contributed by atoms with Gasteiger partial charge in [0.1, 0.15) is 5.71 Å². The van der Waals surface area contributed by atoms with Crippen LogP contribution in [0.2, 0.25) is 0 Å². The summed E-state index contributed by atoms with van der Waals surface area (Å²) in [5.41, 5.74) is -0.155. The number of carbonyl (C=O) groups is 2. The summed E-state index contributed by atoms with van der Waals surface area (Å²) < 4.78 is 4.60. The number of ether oxygens (including phenoxy) is 1. The van der Waals surface area contributed by atoms with Crippen LogP contribution in [0.1, 0.15) is 26.7 Å². The van der Waals surface area contributed by atoms with E-state index in [0.29, 0.717) is 6.54 Å². The van der Waals surface area contributed by atoms with E-state index in [1.54, 1.807) is 6.92 Å². The molecule has 0 aliphatic heterocycles. The Hall–Kier alpha value is -1.39. The van der Waals surface area contributed by atoms with Crippen LogP contribution in [-0.2, 0) is 14.3 Å². The van der Waals surface area contributed by atoms with Crippen molar-refractivity contribution >= 4 is 17.6 Å². The third-order valence-electron chi connectivity index (χ3n) is 1.50. The van der Waals surface area contributed by atoms with Gasteiger partial charge in [-0.2, -0.15) is 0 Å². The summed E-state index contributed by atoms with van der Waals surface area (Å²) in [5, 5.41) is 9.85. The molecule has 14 heavy (non-hydrogen) atoms. The maximum atomic E-state index is 11.0. The second-order valence-electron chi connectivity index (χ2n) is 2.65. The number of nitrogens with one attached hydrogen (secondary N) is 2. The summed E-state index contributed by atoms with van der Waals surface area (Å²) in [6, 6.07) is 0. The zero-order valence-corrected chi connectivity index (χ0v) is 8.55. The van der Waals surface area contributed by atoms with Crippen molar-refractivity contribution in [2.75, 3.05) is 13.2 Å². The quantitative estimate of drug-likeness (QED) is 0.483. The highest BCUT2D eigenvalue weighted by Crippen LogP contribution is 1.94. The minimum Gasteiger partial charge on any atom is -0.462 e. The summed E-state index contributed by atoms with van der Waals surface area (Å²) in [5.74, 6) is -0.793. The highest BCUT2D eigenvalue weighted by atomic mass is 16.5. The Morgan fingerprint density at radius 1 is 1.29 bits per heavy atom. The third kappa shape index (κ3) is 5.29. The van der Waals surface area contributed by atoms with Gasteiger partial charge in [0, 0.05) is 19.4 Å². The number of hydrogen-bond acceptors (Lipinski definition) is 4. The molecule has 0 aromatic heterocycles. The second-order valence-corrected chi connectivity index (χ2v) is 2.65. The van der Waals surface area contributed by atoms with Crippen molar-refractivity contribution in [2.24, 2.45) is 0 Å². The number of carbonyl (C=O) groups excluding carboxylic acids is 2. The Morgan fingerprint density at radius 3 is 2.43 bits per heavy atom. The van der Waals surface area contributed by atoms with Gasteiger partial charge in [-0.25, -0.2) is 4.79 Å². The molecule has 0 saturated carbocycles. The average molecular weight is 200 g/mol. The van der Waals surface area contributed by atoms with Gasteiger partial charge in [0.25, 0.3) is 0 Å². The lowest BCUT2D eigenvalue weighted by Gasteiger charge is -2.03. The molecule has 0 aromatic carbocycles. The Bertz CT molecular complexity index is 226. The summed E-state index contributed by atoms with van der Waals surface area (Å²) in [6.45, 7) is 4.30. The second kappa shape index (κ2) is 7.06. The van der Waals surface area contributed by atoms with E-state index in [1.165, 1.54) is 0 Å². The lowest BCUT2D eigenvalue weighted by Crippen LogP contribution is -2.25. The van der Waals surface area contributed by atoms with Crippen molar-refractivity contribution in [1.82, 2.24) is 5.32 Å². The highest BCUT2D eigenvalue weighted by Gasteiger charge is 2.11. The minimum atomic E-state index is -0.642. The van der Waals surface area contributed by atoms with Gasteiger partial charge < -0.3 is 10.1 Å². The number of esters is 1. The standard InChI is InChI=1S/C9H16N2O3/c1-3-11-8(12)6-5-7(10)9(13)14-4-2/h10H,3-6H2,1-2H3,(H,11,12). The van der Waals surface area contributed by atoms with Crippen LogP contribution >= 0.6 is 0 Å². The molecule has 0 radical (unpaired) electrons. The van der Waals surface area contributed by atoms with Gasteiger partial charge in [-0.3, -0.25) is 10.2 Å². The van der Waals surface area contributed by atoms with Crippen LogP contribution < -0.4 is 5.32 Å². The van der Waals surface area contributed by atoms with E-state index in [4.69, 9.17) is 5.41 Å². The first-order chi connectivity index (χ1) is 6.61. The first-order valence-electron chi connectivity index (χ1n) is 4.63. The zero-order chi connectivity index (χ0) is 11.0. The predicted molar refractivity (Wildman–Crippen MR) is 52.3 cm³/mol. The Balaban J connectivity index is 3.73. The van der Waals surface area contributed by atoms with E-state index in [-0.39, 0.29) is 31.1 Å². The molecule has 0 bridgehead atoms. The molecule has 5 nitrogen and oxygen atoms in total. The molecule has 0 fully saturated rings. The van der Waals surface area contributed by atoms with E-state index in [0.717, 1.165) is 0 Å². The van der Waals surface area contributed by atoms with Gasteiger partial charge in [-0.15, -0.1) is 0 Å². The molecule has 5 heteroatoms. The fraction of sp³-hybridized carbons (Fsp3) is 0.667. The highest BCUT2D eigenvalue weighted by molar-refractivity contribution is 6.35. The molecule has 0 aliphatic rings. The van der Waals surface area contributed by atoms with Crippen LogP contribution in [0, 0.1) is 5.41 Å². The topological polar surface area (TPSA) is 79.3 Å². The van der Waals surface area contributed by atoms with Gasteiger partial charge >= 0.3 is 5.97 Å². The molecule has 2 N–H and O–H groups in total. The van der Waals surface area contributed by atoms with Crippen LogP contribution in [0.25, 0.3) is 0 Å². The lowest BCUT2D eigenvalue weighted by molar-refractivity contribution is -0.135. The molecule has 0 heterocycles. The minimum absolute atomic E-state index is 0.130. The largest absolute Gasteiger partial charge is 0.462 e. The molecule has 0 rings (SSSR count). The number of rotatable bonds is 6. The third-order valence-corrected chi connectivity index (χ3v) is 1.50. The fourth-order valence-electron chi connectivity index (χ4n) is 0.844. The van der Waals surface area contributed by atoms with Crippen LogP contribution in [-0.4, -0.2) is 30.7 Å². The first-order valence-corrected chi connectivity index (χ1v) is 4.63. The van der Waals surface area contributed by atoms with Gasteiger partial charge in [-0.05, 0) is 13.8 Å². The summed E-state index contributed by atoms with van der Waals surface area (Å²) in [4.78, 5) is 21.9. The lowest BCUT2D eigenvalue weighted by atomic mass is 10.2. The van der Waals surface area contributed by atoms with Crippen molar-refractivity contribution in [3.05, 3.63) is 0 Å². The Kier molecular flexibility index (Phi) is 6.36. The molecular formula is C9H16N2O3. The Morgan fingerprint density at radius 2 is 1.93 bits per heavy atom. The van der Waals surface area contributed by atoms with Crippen LogP contribution in [0.5, 0.6) is 0 Å². The van der Waals surface area contributed by atoms with Crippen molar-refractivity contribution < 1.29 is 14.3 Å². The SMILES string of the molecule is CCNC(=O)CCC(=N)C(=O)OCC. The zero-order valence-electron chi connectivity index (χ0n) is 8.55. The monoisotopic (exact) mass is 200 g/mol. The summed E-state index contributed by atoms with van der Waals surface area (Å²) in [6.07, 6.45) is 0.288. The van der Waals surface area contributed by atoms with E-state index < -0.39 is 5.97 Å². The van der Waals surface area contributed by atoms with Crippen molar-refractivity contribution in [1.29, 1.82) is 5.41 Å². The van der Waals surface area contributed by atoms with Crippen LogP contribution in [0.3, 0.4) is 0 Å². The average Bonchev–Trinajstić information content (AvgIpc) is 2.15. The van der Waals surface area contributed by atoms with Crippen molar-refractivity contribution in [2.45, 2.75) is 26.7 Å². The number of amides is 1. The summed E-state index contributed by atoms with van der Waals surface area (Å²) in [7, 11) is 0. The van der Waals surface area contributed by atoms with Crippen molar-refractivity contribution in [3.8, 4) is 0 Å². The van der Waals surface area contributed by atoms with E-state index in [9.17, 15) is 9.59 Å². The molecule has 0 spiro atoms. The van der Waals surface area contributed by atoms with Gasteiger partial charge in [-0.1, -0.05) is 0 Å². The van der Waals surface area contributed by atoms with Gasteiger partial charge in [0.2, 0.25) is 5.91 Å². The Labute approximate surface area is 83.3 Å². The van der Waals surface area contributed by atoms with Crippen LogP contribution in [0.4, 0.5) is 0 Å². The van der Waals surface area contributed by atoms with E-state index >= 15 is 0 Å². The van der Waals surface area contributed by atoms with E-state index in [2.05, 4.69) is 10.1 Å². The maximum Gasteiger partial charge on any atom is 0.351 e. The molecule has 1 amide bonds. The molecule has 0 saturated heterocycles. The molecule has 80 valence electrons. The van der Waals surface area contributed by atoms with Gasteiger partial charge in [0.05, 0.1) is 6.61 Å². The fourth-order valence-corrected chi connectivity index (χ4v) is 0.844.